The Bertz CT molecular complexity index is 2940. The summed E-state index contributed by atoms with van der Waals surface area (Å²) in [7, 11) is -1.66. The van der Waals surface area contributed by atoms with Gasteiger partial charge in [0.25, 0.3) is 0 Å². The van der Waals surface area contributed by atoms with Gasteiger partial charge in [-0.05, 0) is 103 Å². The van der Waals surface area contributed by atoms with Crippen LogP contribution in [0.4, 0.5) is 17.1 Å². The molecular formula is C54H37NOSi. The lowest BCUT2D eigenvalue weighted by Gasteiger charge is -2.26. The number of hydrogen-bond acceptors (Lipinski definition) is 2. The highest BCUT2D eigenvalue weighted by Gasteiger charge is 2.34. The average molecular weight is 744 g/mol. The highest BCUT2D eigenvalue weighted by molar-refractivity contribution is 6.99. The molecule has 0 saturated carbocycles. The van der Waals surface area contributed by atoms with Gasteiger partial charge in [-0.15, -0.1) is 0 Å². The summed E-state index contributed by atoms with van der Waals surface area (Å²) in [5.74, 6) is 0. The van der Waals surface area contributed by atoms with Crippen LogP contribution < -0.4 is 20.5 Å². The first-order valence-corrected chi connectivity index (χ1v) is 21.4. The van der Waals surface area contributed by atoms with E-state index < -0.39 is 8.80 Å². The summed E-state index contributed by atoms with van der Waals surface area (Å²) in [6.07, 6.45) is 0. The molecule has 57 heavy (non-hydrogen) atoms. The highest BCUT2D eigenvalue weighted by Crippen LogP contribution is 2.43. The van der Waals surface area contributed by atoms with Gasteiger partial charge < -0.3 is 9.32 Å². The maximum Gasteiger partial charge on any atom is 0.136 e. The number of hydrogen-bond donors (Lipinski definition) is 0. The van der Waals surface area contributed by atoms with Crippen LogP contribution in [0.1, 0.15) is 0 Å². The van der Waals surface area contributed by atoms with E-state index in [9.17, 15) is 0 Å². The molecule has 0 N–H and O–H groups in total. The lowest BCUT2D eigenvalue weighted by atomic mass is 9.94. The largest absolute Gasteiger partial charge is 0.456 e. The van der Waals surface area contributed by atoms with E-state index in [1.165, 1.54) is 65.3 Å². The van der Waals surface area contributed by atoms with Crippen molar-refractivity contribution in [1.29, 1.82) is 0 Å². The molecule has 1 aromatic heterocycles. The highest BCUT2D eigenvalue weighted by atomic mass is 28.3. The summed E-state index contributed by atoms with van der Waals surface area (Å²) in [6, 6.07) is 79.1. The van der Waals surface area contributed by atoms with E-state index in [-0.39, 0.29) is 0 Å². The monoisotopic (exact) mass is 743 g/mol. The molecule has 9 aromatic carbocycles. The Balaban J connectivity index is 1.03. The van der Waals surface area contributed by atoms with Crippen LogP contribution in [0.3, 0.4) is 0 Å². The summed E-state index contributed by atoms with van der Waals surface area (Å²) in [4.78, 5) is 2.35. The summed E-state index contributed by atoms with van der Waals surface area (Å²) in [6.45, 7) is 0. The van der Waals surface area contributed by atoms with Crippen molar-refractivity contribution >= 4 is 63.4 Å². The average Bonchev–Trinajstić information content (AvgIpc) is 3.84. The third-order valence-corrected chi connectivity index (χ3v) is 14.9. The van der Waals surface area contributed by atoms with Crippen LogP contribution in [-0.2, 0) is 0 Å². The van der Waals surface area contributed by atoms with Gasteiger partial charge in [0.05, 0.1) is 0 Å². The van der Waals surface area contributed by atoms with Gasteiger partial charge in [-0.3, -0.25) is 0 Å². The Morgan fingerprint density at radius 3 is 1.39 bits per heavy atom. The van der Waals surface area contributed by atoms with Crippen molar-refractivity contribution in [2.75, 3.05) is 4.90 Å². The number of anilines is 3. The zero-order chi connectivity index (χ0) is 37.7. The number of fused-ring (bicyclic) bond motifs is 7. The second kappa shape index (κ2) is 13.8. The minimum Gasteiger partial charge on any atom is -0.456 e. The zero-order valence-electron chi connectivity index (χ0n) is 31.2. The van der Waals surface area contributed by atoms with E-state index in [4.69, 9.17) is 4.42 Å². The van der Waals surface area contributed by atoms with Crippen molar-refractivity contribution in [2.45, 2.75) is 0 Å². The molecule has 268 valence electrons. The predicted molar refractivity (Wildman–Crippen MR) is 243 cm³/mol. The molecule has 11 rings (SSSR count). The summed E-state index contributed by atoms with van der Waals surface area (Å²) < 4.78 is 6.66. The lowest BCUT2D eigenvalue weighted by molar-refractivity contribution is 0.669. The molecule has 1 unspecified atom stereocenters. The van der Waals surface area contributed by atoms with Gasteiger partial charge in [-0.2, -0.15) is 0 Å². The smallest absolute Gasteiger partial charge is 0.136 e. The first kappa shape index (κ1) is 33.2. The van der Waals surface area contributed by atoms with Crippen LogP contribution in [0.25, 0.3) is 66.4 Å². The normalized spacial score (nSPS) is 13.1. The fraction of sp³-hybridized carbons (Fsp3) is 0. The lowest BCUT2D eigenvalue weighted by Crippen LogP contribution is -2.48. The molecule has 2 heterocycles. The number of rotatable bonds is 7. The Labute approximate surface area is 334 Å². The van der Waals surface area contributed by atoms with E-state index in [2.05, 4.69) is 223 Å². The fourth-order valence-corrected chi connectivity index (χ4v) is 12.3. The minimum atomic E-state index is -1.66. The second-order valence-corrected chi connectivity index (χ2v) is 17.6. The third kappa shape index (κ3) is 5.71. The summed E-state index contributed by atoms with van der Waals surface area (Å²) in [5, 5.41) is 6.80. The maximum atomic E-state index is 6.66. The quantitative estimate of drug-likeness (QED) is 0.151. The van der Waals surface area contributed by atoms with Gasteiger partial charge >= 0.3 is 0 Å². The number of nitrogens with zero attached hydrogens (tertiary/aromatic N) is 1. The molecule has 10 aromatic rings. The SMILES string of the molecule is c1ccc(-c2ccc(N(c3ccc(-c4ccccc4)cc3)c3ccc(-c4cccc5oc6ccc7c(c6c45)-c4ccccc4[SiH]7c4ccccc4)cc3)cc2)cc1. The van der Waals surface area contributed by atoms with Gasteiger partial charge in [0.1, 0.15) is 20.0 Å². The standard InChI is InChI=1S/C54H37NOSi/c1-4-13-37(14-5-1)39-23-29-42(30-24-39)55(43-31-25-40(26-32-43)38-15-6-2-7-16-38)44-33-27-41(28-34-44)46-20-12-21-48-52(46)54-49(56-48)35-36-51-53(54)47-19-10-11-22-50(47)57(51)45-17-8-3-9-18-45/h1-36,57H. The Morgan fingerprint density at radius 2 is 0.789 bits per heavy atom. The van der Waals surface area contributed by atoms with Crippen molar-refractivity contribution in [3.63, 3.8) is 0 Å². The molecule has 0 radical (unpaired) electrons. The van der Waals surface area contributed by atoms with Gasteiger partial charge in [-0.1, -0.05) is 175 Å². The Morgan fingerprint density at radius 1 is 0.316 bits per heavy atom. The van der Waals surface area contributed by atoms with Crippen molar-refractivity contribution in [1.82, 2.24) is 0 Å². The summed E-state index contributed by atoms with van der Waals surface area (Å²) >= 11 is 0. The van der Waals surface area contributed by atoms with E-state index in [0.29, 0.717) is 0 Å². The van der Waals surface area contributed by atoms with Crippen molar-refractivity contribution in [2.24, 2.45) is 0 Å². The van der Waals surface area contributed by atoms with Crippen LogP contribution in [0, 0.1) is 0 Å². The number of benzene rings is 9. The predicted octanol–water partition coefficient (Wildman–Crippen LogP) is 12.3. The molecule has 1 atom stereocenters. The molecule has 1 aliphatic rings. The molecular weight excluding hydrogens is 707 g/mol. The molecule has 0 amide bonds. The van der Waals surface area contributed by atoms with E-state index in [1.807, 2.05) is 0 Å². The van der Waals surface area contributed by atoms with Gasteiger partial charge in [-0.25, -0.2) is 0 Å². The molecule has 0 saturated heterocycles. The van der Waals surface area contributed by atoms with Crippen LogP contribution in [0.5, 0.6) is 0 Å². The second-order valence-electron chi connectivity index (χ2n) is 14.8. The maximum absolute atomic E-state index is 6.66. The van der Waals surface area contributed by atoms with Crippen LogP contribution in [0.2, 0.25) is 0 Å². The van der Waals surface area contributed by atoms with Gasteiger partial charge in [0.2, 0.25) is 0 Å². The van der Waals surface area contributed by atoms with Crippen molar-refractivity contribution in [3.05, 3.63) is 218 Å². The first-order valence-electron chi connectivity index (χ1n) is 19.6. The van der Waals surface area contributed by atoms with E-state index in [1.54, 1.807) is 0 Å². The topological polar surface area (TPSA) is 16.4 Å². The van der Waals surface area contributed by atoms with Crippen LogP contribution in [-0.4, -0.2) is 8.80 Å². The van der Waals surface area contributed by atoms with Crippen molar-refractivity contribution < 1.29 is 4.42 Å². The minimum absolute atomic E-state index is 0.918. The first-order chi connectivity index (χ1) is 28.3. The zero-order valence-corrected chi connectivity index (χ0v) is 32.4. The van der Waals surface area contributed by atoms with Crippen molar-refractivity contribution in [3.8, 4) is 44.5 Å². The van der Waals surface area contributed by atoms with Gasteiger partial charge in [0.15, 0.2) is 0 Å². The molecule has 0 spiro atoms. The molecule has 0 aliphatic carbocycles. The van der Waals surface area contributed by atoms with E-state index >= 15 is 0 Å². The molecule has 1 aliphatic heterocycles. The Kier molecular flexibility index (Phi) is 8.04. The molecule has 3 heteroatoms. The fourth-order valence-electron chi connectivity index (χ4n) is 8.95. The Hall–Kier alpha value is -7.20. The van der Waals surface area contributed by atoms with Gasteiger partial charge in [0, 0.05) is 27.8 Å². The van der Waals surface area contributed by atoms with Crippen LogP contribution in [0.15, 0.2) is 223 Å². The van der Waals surface area contributed by atoms with Crippen LogP contribution >= 0.6 is 0 Å². The third-order valence-electron chi connectivity index (χ3n) is 11.6. The molecule has 2 nitrogen and oxygen atoms in total. The van der Waals surface area contributed by atoms with E-state index in [0.717, 1.165) is 33.8 Å². The molecule has 0 bridgehead atoms. The summed E-state index contributed by atoms with van der Waals surface area (Å²) in [5.41, 5.74) is 15.0. The molecule has 0 fully saturated rings. The number of furan rings is 1.